The van der Waals surface area contributed by atoms with E-state index in [1.165, 1.54) is 0 Å². The van der Waals surface area contributed by atoms with E-state index in [1.807, 2.05) is 35.2 Å². The molecule has 0 aliphatic carbocycles. The minimum absolute atomic E-state index is 0.0697. The lowest BCUT2D eigenvalue weighted by Crippen LogP contribution is -2.52. The summed E-state index contributed by atoms with van der Waals surface area (Å²) in [5.74, 6) is 0.0697. The number of aliphatic hydroxyl groups excluding tert-OH is 1. The number of aromatic nitrogens is 1. The second kappa shape index (κ2) is 7.06. The number of fused-ring (bicyclic) bond motifs is 1. The number of nitrogens with zero attached hydrogens (tertiary/aromatic N) is 3. The zero-order valence-electron chi connectivity index (χ0n) is 13.5. The molecule has 5 nitrogen and oxygen atoms in total. The van der Waals surface area contributed by atoms with Gasteiger partial charge in [-0.1, -0.05) is 19.1 Å². The van der Waals surface area contributed by atoms with E-state index in [9.17, 15) is 9.90 Å². The minimum Gasteiger partial charge on any atom is -0.395 e. The topological polar surface area (TPSA) is 56.7 Å². The van der Waals surface area contributed by atoms with Crippen LogP contribution in [0, 0.1) is 0 Å². The lowest BCUT2D eigenvalue weighted by molar-refractivity contribution is 0.0474. The molecule has 0 spiro atoms. The molecule has 0 radical (unpaired) electrons. The van der Waals surface area contributed by atoms with E-state index in [-0.39, 0.29) is 18.6 Å². The van der Waals surface area contributed by atoms with Crippen LogP contribution in [0.5, 0.6) is 0 Å². The van der Waals surface area contributed by atoms with Crippen molar-refractivity contribution in [3.63, 3.8) is 0 Å². The monoisotopic (exact) mass is 313 g/mol. The Morgan fingerprint density at radius 2 is 2.00 bits per heavy atom. The molecule has 1 amide bonds. The van der Waals surface area contributed by atoms with Crippen molar-refractivity contribution in [2.24, 2.45) is 0 Å². The Balaban J connectivity index is 1.74. The van der Waals surface area contributed by atoms with Crippen molar-refractivity contribution in [1.29, 1.82) is 0 Å². The van der Waals surface area contributed by atoms with Gasteiger partial charge in [-0.2, -0.15) is 0 Å². The Bertz CT molecular complexity index is 672. The lowest BCUT2D eigenvalue weighted by Gasteiger charge is -2.38. The number of piperazine rings is 1. The number of amides is 1. The summed E-state index contributed by atoms with van der Waals surface area (Å²) in [7, 11) is 0. The zero-order valence-corrected chi connectivity index (χ0v) is 13.5. The Morgan fingerprint density at radius 3 is 2.70 bits per heavy atom. The maximum Gasteiger partial charge on any atom is 0.254 e. The number of rotatable bonds is 4. The van der Waals surface area contributed by atoms with Crippen LogP contribution in [0.15, 0.2) is 36.5 Å². The predicted molar refractivity (Wildman–Crippen MR) is 90.4 cm³/mol. The van der Waals surface area contributed by atoms with E-state index in [0.717, 1.165) is 36.0 Å². The average Bonchev–Trinajstić information content (AvgIpc) is 2.62. The van der Waals surface area contributed by atoms with E-state index >= 15 is 0 Å². The number of hydrogen-bond donors (Lipinski definition) is 1. The van der Waals surface area contributed by atoms with Crippen LogP contribution in [0.1, 0.15) is 23.7 Å². The van der Waals surface area contributed by atoms with Gasteiger partial charge in [0, 0.05) is 49.4 Å². The zero-order chi connectivity index (χ0) is 16.2. The van der Waals surface area contributed by atoms with Crippen LogP contribution in [0.2, 0.25) is 0 Å². The van der Waals surface area contributed by atoms with E-state index in [1.54, 1.807) is 6.20 Å². The van der Waals surface area contributed by atoms with E-state index in [0.29, 0.717) is 13.1 Å². The Labute approximate surface area is 136 Å². The predicted octanol–water partition coefficient (Wildman–Crippen LogP) is 1.76. The fourth-order valence-corrected chi connectivity index (χ4v) is 3.25. The second-order valence-electron chi connectivity index (χ2n) is 5.95. The molecule has 1 N–H and O–H groups in total. The van der Waals surface area contributed by atoms with Gasteiger partial charge in [-0.3, -0.25) is 14.7 Å². The molecule has 5 heteroatoms. The first-order chi connectivity index (χ1) is 11.2. The van der Waals surface area contributed by atoms with Gasteiger partial charge in [0.2, 0.25) is 0 Å². The molecule has 1 aromatic heterocycles. The van der Waals surface area contributed by atoms with Gasteiger partial charge in [0.1, 0.15) is 0 Å². The first-order valence-electron chi connectivity index (χ1n) is 8.22. The third kappa shape index (κ3) is 3.21. The minimum atomic E-state index is 0.0697. The largest absolute Gasteiger partial charge is 0.395 e. The first kappa shape index (κ1) is 15.9. The molecule has 1 saturated heterocycles. The maximum absolute atomic E-state index is 12.9. The molecular weight excluding hydrogens is 290 g/mol. The molecule has 1 atom stereocenters. The average molecular weight is 313 g/mol. The number of carbonyl (C=O) groups excluding carboxylic acids is 1. The van der Waals surface area contributed by atoms with Crippen LogP contribution in [0.3, 0.4) is 0 Å². The summed E-state index contributed by atoms with van der Waals surface area (Å²) in [5, 5.41) is 10.3. The molecule has 1 aromatic carbocycles. The molecule has 0 saturated carbocycles. The number of benzene rings is 1. The Hall–Kier alpha value is -1.98. The van der Waals surface area contributed by atoms with Crippen LogP contribution >= 0.6 is 0 Å². The van der Waals surface area contributed by atoms with Crippen molar-refractivity contribution in [2.45, 2.75) is 19.4 Å². The van der Waals surface area contributed by atoms with Gasteiger partial charge in [-0.05, 0) is 24.6 Å². The quantitative estimate of drug-likeness (QED) is 0.934. The highest BCUT2D eigenvalue weighted by atomic mass is 16.3. The molecule has 23 heavy (non-hydrogen) atoms. The third-order valence-corrected chi connectivity index (χ3v) is 4.68. The Kier molecular flexibility index (Phi) is 4.88. The summed E-state index contributed by atoms with van der Waals surface area (Å²) in [6.07, 6.45) is 2.68. The van der Waals surface area contributed by atoms with Crippen molar-refractivity contribution in [3.8, 4) is 0 Å². The molecule has 3 rings (SSSR count). The van der Waals surface area contributed by atoms with Gasteiger partial charge in [0.25, 0.3) is 5.91 Å². The number of hydrogen-bond acceptors (Lipinski definition) is 4. The van der Waals surface area contributed by atoms with Gasteiger partial charge in [-0.25, -0.2) is 0 Å². The molecule has 1 aliphatic rings. The molecule has 122 valence electrons. The summed E-state index contributed by atoms with van der Waals surface area (Å²) in [6.45, 7) is 5.29. The van der Waals surface area contributed by atoms with Crippen LogP contribution in [-0.2, 0) is 0 Å². The fourth-order valence-electron chi connectivity index (χ4n) is 3.25. The van der Waals surface area contributed by atoms with E-state index < -0.39 is 0 Å². The van der Waals surface area contributed by atoms with E-state index in [4.69, 9.17) is 0 Å². The smallest absolute Gasteiger partial charge is 0.254 e. The second-order valence-corrected chi connectivity index (χ2v) is 5.95. The van der Waals surface area contributed by atoms with Crippen LogP contribution in [0.4, 0.5) is 0 Å². The van der Waals surface area contributed by atoms with Crippen molar-refractivity contribution in [2.75, 3.05) is 32.8 Å². The summed E-state index contributed by atoms with van der Waals surface area (Å²) < 4.78 is 0. The van der Waals surface area contributed by atoms with Gasteiger partial charge < -0.3 is 10.0 Å². The number of aliphatic hydroxyl groups is 1. The standard InChI is InChI=1S/C18H23N3O2/c1-2-14(13-22)20-9-11-21(12-10-20)18(23)16-5-3-7-17-15(16)6-4-8-19-17/h3-8,14,22H,2,9-13H2,1H3. The SMILES string of the molecule is CCC(CO)N1CCN(C(=O)c2cccc3ncccc23)CC1. The summed E-state index contributed by atoms with van der Waals surface area (Å²) in [4.78, 5) is 21.4. The highest BCUT2D eigenvalue weighted by Crippen LogP contribution is 2.19. The maximum atomic E-state index is 12.9. The van der Waals surface area contributed by atoms with Gasteiger partial charge in [0.15, 0.2) is 0 Å². The van der Waals surface area contributed by atoms with Crippen molar-refractivity contribution < 1.29 is 9.90 Å². The summed E-state index contributed by atoms with van der Waals surface area (Å²) in [6, 6.07) is 9.71. The molecule has 2 aromatic rings. The molecule has 1 unspecified atom stereocenters. The van der Waals surface area contributed by atoms with E-state index in [2.05, 4.69) is 16.8 Å². The molecule has 0 bridgehead atoms. The first-order valence-corrected chi connectivity index (χ1v) is 8.22. The number of pyridine rings is 1. The van der Waals surface area contributed by atoms with Crippen molar-refractivity contribution >= 4 is 16.8 Å². The highest BCUT2D eigenvalue weighted by Gasteiger charge is 2.26. The lowest BCUT2D eigenvalue weighted by atomic mass is 10.1. The fraction of sp³-hybridized carbons (Fsp3) is 0.444. The van der Waals surface area contributed by atoms with Crippen LogP contribution in [-0.4, -0.2) is 64.6 Å². The highest BCUT2D eigenvalue weighted by molar-refractivity contribution is 6.06. The van der Waals surface area contributed by atoms with Crippen molar-refractivity contribution in [3.05, 3.63) is 42.1 Å². The van der Waals surface area contributed by atoms with Gasteiger partial charge in [-0.15, -0.1) is 0 Å². The molecule has 2 heterocycles. The van der Waals surface area contributed by atoms with Crippen LogP contribution in [0.25, 0.3) is 10.9 Å². The molecule has 1 fully saturated rings. The Morgan fingerprint density at radius 1 is 1.22 bits per heavy atom. The third-order valence-electron chi connectivity index (χ3n) is 4.68. The molecule has 1 aliphatic heterocycles. The molecular formula is C18H23N3O2. The van der Waals surface area contributed by atoms with Crippen molar-refractivity contribution in [1.82, 2.24) is 14.8 Å². The summed E-state index contributed by atoms with van der Waals surface area (Å²) >= 11 is 0. The summed E-state index contributed by atoms with van der Waals surface area (Å²) in [5.41, 5.74) is 1.57. The number of carbonyl (C=O) groups is 1. The normalized spacial score (nSPS) is 17.4. The van der Waals surface area contributed by atoms with Crippen LogP contribution < -0.4 is 0 Å². The van der Waals surface area contributed by atoms with Gasteiger partial charge in [0.05, 0.1) is 12.1 Å². The van der Waals surface area contributed by atoms with Gasteiger partial charge >= 0.3 is 0 Å².